The van der Waals surface area contributed by atoms with E-state index in [9.17, 15) is 18.1 Å². The lowest BCUT2D eigenvalue weighted by molar-refractivity contribution is -0.736. The van der Waals surface area contributed by atoms with E-state index in [1.54, 1.807) is 12.1 Å². The van der Waals surface area contributed by atoms with Gasteiger partial charge in [0, 0.05) is 22.3 Å². The topological polar surface area (TPSA) is 72.4 Å². The molecule has 116 valence electrons. The molecule has 1 amide bonds. The number of nitrogens with two attached hydrogens (primary N) is 1. The van der Waals surface area contributed by atoms with E-state index in [-0.39, 0.29) is 0 Å². The van der Waals surface area contributed by atoms with Gasteiger partial charge in [0.25, 0.3) is 4.92 Å². The van der Waals surface area contributed by atoms with Gasteiger partial charge in [0.05, 0.1) is 4.91 Å². The Kier molecular flexibility index (Phi) is 6.01. The zero-order valence-corrected chi connectivity index (χ0v) is 11.9. The first-order chi connectivity index (χ1) is 9.74. The van der Waals surface area contributed by atoms with Crippen LogP contribution in [0.2, 0.25) is 0 Å². The van der Waals surface area contributed by atoms with Crippen LogP contribution >= 0.6 is 11.8 Å². The van der Waals surface area contributed by atoms with Gasteiger partial charge in [-0.1, -0.05) is 0 Å². The van der Waals surface area contributed by atoms with Gasteiger partial charge in [-0.2, -0.15) is 13.2 Å². The summed E-state index contributed by atoms with van der Waals surface area (Å²) >= 11 is 1.88. The van der Waals surface area contributed by atoms with Gasteiger partial charge in [0.1, 0.15) is 0 Å². The molecular weight excluding hydrogens is 309 g/mol. The molecule has 2 N–H and O–H groups in total. The molecule has 0 saturated heterocycles. The van der Waals surface area contributed by atoms with E-state index >= 15 is 0 Å². The molecule has 0 heterocycles. The average molecular weight is 323 g/mol. The molecule has 1 aliphatic rings. The van der Waals surface area contributed by atoms with Crippen LogP contribution in [0, 0.1) is 4.91 Å². The fourth-order valence-corrected chi connectivity index (χ4v) is 2.18. The normalized spacial score (nSPS) is 13.9. The van der Waals surface area contributed by atoms with E-state index in [1.807, 2.05) is 23.9 Å². The SMILES string of the molecule is CO[N+](=O)c1ccc(SC2CC2)cc1.NC(=O)C(F)(F)F. The predicted octanol–water partition coefficient (Wildman–Crippen LogP) is 2.95. The van der Waals surface area contributed by atoms with Crippen LogP contribution < -0.4 is 5.73 Å². The summed E-state index contributed by atoms with van der Waals surface area (Å²) in [7, 11) is 1.36. The van der Waals surface area contributed by atoms with Crippen molar-refractivity contribution in [3.8, 4) is 0 Å². The second-order valence-corrected chi connectivity index (χ2v) is 5.49. The van der Waals surface area contributed by atoms with Gasteiger partial charge in [0.15, 0.2) is 7.11 Å². The summed E-state index contributed by atoms with van der Waals surface area (Å²) in [5.74, 6) is -2.26. The van der Waals surface area contributed by atoms with Gasteiger partial charge in [-0.25, -0.2) is 4.84 Å². The third-order valence-corrected chi connectivity index (χ3v) is 3.67. The minimum atomic E-state index is -4.86. The van der Waals surface area contributed by atoms with E-state index in [0.29, 0.717) is 10.6 Å². The van der Waals surface area contributed by atoms with Gasteiger partial charge in [-0.3, -0.25) is 4.79 Å². The van der Waals surface area contributed by atoms with Crippen LogP contribution in [-0.4, -0.2) is 29.4 Å². The van der Waals surface area contributed by atoms with Crippen molar-refractivity contribution in [3.05, 3.63) is 29.2 Å². The molecule has 1 aromatic rings. The van der Waals surface area contributed by atoms with Gasteiger partial charge >= 0.3 is 17.8 Å². The zero-order valence-electron chi connectivity index (χ0n) is 11.1. The van der Waals surface area contributed by atoms with Gasteiger partial charge in [-0.15, -0.1) is 11.8 Å². The third-order valence-electron chi connectivity index (χ3n) is 2.32. The minimum absolute atomic E-state index is 0.506. The molecule has 0 radical (unpaired) electrons. The van der Waals surface area contributed by atoms with Crippen LogP contribution in [0.15, 0.2) is 29.2 Å². The van der Waals surface area contributed by atoms with Crippen molar-refractivity contribution >= 4 is 23.4 Å². The summed E-state index contributed by atoms with van der Waals surface area (Å²) in [5, 5.41) is 0.798. The Morgan fingerprint density at radius 2 is 1.81 bits per heavy atom. The van der Waals surface area contributed by atoms with Crippen LogP contribution in [-0.2, 0) is 9.63 Å². The average Bonchev–Trinajstić information content (AvgIpc) is 3.22. The summed E-state index contributed by atoms with van der Waals surface area (Å²) < 4.78 is 32.1. The summed E-state index contributed by atoms with van der Waals surface area (Å²) in [6.45, 7) is 0. The molecule has 1 saturated carbocycles. The van der Waals surface area contributed by atoms with E-state index in [0.717, 1.165) is 5.25 Å². The molecule has 0 aromatic heterocycles. The number of carbonyl (C=O) groups is 1. The number of hydrogen-bond acceptors (Lipinski definition) is 4. The highest BCUT2D eigenvalue weighted by Crippen LogP contribution is 2.39. The summed E-state index contributed by atoms with van der Waals surface area (Å²) in [4.78, 5) is 26.4. The van der Waals surface area contributed by atoms with Crippen LogP contribution in [0.25, 0.3) is 0 Å². The molecule has 5 nitrogen and oxygen atoms in total. The molecule has 1 fully saturated rings. The van der Waals surface area contributed by atoms with E-state index in [1.165, 1.54) is 24.8 Å². The van der Waals surface area contributed by atoms with Crippen molar-refractivity contribution in [1.29, 1.82) is 0 Å². The lowest BCUT2D eigenvalue weighted by Gasteiger charge is -1.96. The molecule has 0 unspecified atom stereocenters. The molecule has 0 bridgehead atoms. The van der Waals surface area contributed by atoms with Gasteiger partial charge in [0.2, 0.25) is 0 Å². The maximum Gasteiger partial charge on any atom is 0.470 e. The minimum Gasteiger partial charge on any atom is -0.362 e. The zero-order chi connectivity index (χ0) is 16.0. The molecule has 0 atom stereocenters. The summed E-state index contributed by atoms with van der Waals surface area (Å²) in [5.41, 5.74) is 4.34. The lowest BCUT2D eigenvalue weighted by Crippen LogP contribution is -2.30. The molecule has 1 aliphatic carbocycles. The summed E-state index contributed by atoms with van der Waals surface area (Å²) in [6.07, 6.45) is -2.23. The monoisotopic (exact) mass is 323 g/mol. The van der Waals surface area contributed by atoms with E-state index in [2.05, 4.69) is 10.6 Å². The Hall–Kier alpha value is -1.77. The Morgan fingerprint density at radius 3 is 2.14 bits per heavy atom. The maximum atomic E-state index is 11.0. The molecule has 21 heavy (non-hydrogen) atoms. The molecule has 2 rings (SSSR count). The molecule has 1 aromatic carbocycles. The summed E-state index contributed by atoms with van der Waals surface area (Å²) in [6, 6.07) is 7.48. The second kappa shape index (κ2) is 7.30. The highest BCUT2D eigenvalue weighted by atomic mass is 32.2. The van der Waals surface area contributed by atoms with Crippen molar-refractivity contribution in [2.24, 2.45) is 5.73 Å². The van der Waals surface area contributed by atoms with E-state index < -0.39 is 12.1 Å². The highest BCUT2D eigenvalue weighted by molar-refractivity contribution is 8.00. The van der Waals surface area contributed by atoms with Crippen molar-refractivity contribution in [1.82, 2.24) is 0 Å². The first kappa shape index (κ1) is 17.3. The predicted molar refractivity (Wildman–Crippen MR) is 70.9 cm³/mol. The Balaban J connectivity index is 0.000000270. The van der Waals surface area contributed by atoms with Crippen molar-refractivity contribution in [2.75, 3.05) is 7.11 Å². The van der Waals surface area contributed by atoms with Gasteiger partial charge in [-0.05, 0) is 25.0 Å². The fraction of sp³-hybridized carbons (Fsp3) is 0.417. The number of alkyl halides is 3. The molecule has 0 aliphatic heterocycles. The Morgan fingerprint density at radius 1 is 1.33 bits per heavy atom. The number of rotatable bonds is 4. The first-order valence-corrected chi connectivity index (χ1v) is 6.76. The standard InChI is InChI=1S/C10H12NO2S.C2H2F3NO/c1-13-11(12)8-2-4-9(5-3-8)14-10-6-7-10;3-2(4,5)1(6)7/h2-5,10H,6-7H2,1H3;(H2,6,7)/q+1;. The number of halogens is 3. The van der Waals surface area contributed by atoms with Crippen LogP contribution in [0.3, 0.4) is 0 Å². The smallest absolute Gasteiger partial charge is 0.362 e. The number of amides is 1. The largest absolute Gasteiger partial charge is 0.470 e. The van der Waals surface area contributed by atoms with Crippen molar-refractivity contribution in [3.63, 3.8) is 0 Å². The van der Waals surface area contributed by atoms with Crippen LogP contribution in [0.5, 0.6) is 0 Å². The fourth-order valence-electron chi connectivity index (χ4n) is 1.13. The van der Waals surface area contributed by atoms with Crippen LogP contribution in [0.4, 0.5) is 18.9 Å². The second-order valence-electron chi connectivity index (χ2n) is 4.11. The quantitative estimate of drug-likeness (QED) is 0.865. The number of hydrogen-bond donors (Lipinski definition) is 1. The van der Waals surface area contributed by atoms with Crippen LogP contribution in [0.1, 0.15) is 12.8 Å². The Bertz CT molecular complexity index is 501. The number of thioether (sulfide) groups is 1. The molecule has 0 spiro atoms. The highest BCUT2D eigenvalue weighted by Gasteiger charge is 2.35. The number of carbonyl (C=O) groups excluding carboxylic acids is 1. The van der Waals surface area contributed by atoms with Gasteiger partial charge < -0.3 is 5.73 Å². The van der Waals surface area contributed by atoms with Crippen molar-refractivity contribution in [2.45, 2.75) is 29.2 Å². The number of primary amides is 1. The molecular formula is C12H14F3N2O3S+. The van der Waals surface area contributed by atoms with E-state index in [4.69, 9.17) is 4.79 Å². The third kappa shape index (κ3) is 6.48. The number of nitrogens with zero attached hydrogens (tertiary/aromatic N) is 1. The lowest BCUT2D eigenvalue weighted by atomic mass is 10.3. The molecule has 9 heteroatoms. The number of benzene rings is 1. The Labute approximate surface area is 123 Å². The maximum absolute atomic E-state index is 11.0. The first-order valence-electron chi connectivity index (χ1n) is 5.88. The van der Waals surface area contributed by atoms with Crippen molar-refractivity contribution < 1.29 is 27.7 Å².